The summed E-state index contributed by atoms with van der Waals surface area (Å²) in [6, 6.07) is 0. The van der Waals surface area contributed by atoms with Gasteiger partial charge in [-0.05, 0) is 19.3 Å². The molecule has 0 saturated heterocycles. The molecule has 2 rings (SSSR count). The standard InChI is InChI=1S/C12H21N3O3S/c1-4-12(7-5-6-8-12)11-13-10(18-14-11)9-15(2)19(3,16)17/h4-9H2,1-3H3. The smallest absolute Gasteiger partial charge is 0.241 e. The second kappa shape index (κ2) is 5.20. The van der Waals surface area contributed by atoms with Gasteiger partial charge in [0.1, 0.15) is 0 Å². The molecule has 1 aromatic rings. The third-order valence-corrected chi connectivity index (χ3v) is 5.37. The minimum absolute atomic E-state index is 0.0331. The van der Waals surface area contributed by atoms with E-state index in [1.54, 1.807) is 0 Å². The van der Waals surface area contributed by atoms with Crippen molar-refractivity contribution in [3.05, 3.63) is 11.7 Å². The Bertz CT molecular complexity index is 532. The topological polar surface area (TPSA) is 76.3 Å². The van der Waals surface area contributed by atoms with Gasteiger partial charge in [0.05, 0.1) is 12.8 Å². The van der Waals surface area contributed by atoms with Gasteiger partial charge < -0.3 is 4.52 Å². The first kappa shape index (κ1) is 14.5. The quantitative estimate of drug-likeness (QED) is 0.823. The van der Waals surface area contributed by atoms with E-state index in [9.17, 15) is 8.42 Å². The molecule has 108 valence electrons. The Morgan fingerprint density at radius 1 is 1.37 bits per heavy atom. The van der Waals surface area contributed by atoms with Crippen LogP contribution in [0, 0.1) is 0 Å². The largest absolute Gasteiger partial charge is 0.338 e. The van der Waals surface area contributed by atoms with Crippen molar-refractivity contribution >= 4 is 10.0 Å². The summed E-state index contributed by atoms with van der Waals surface area (Å²) in [7, 11) is -1.72. The number of nitrogens with zero attached hydrogens (tertiary/aromatic N) is 3. The van der Waals surface area contributed by atoms with E-state index in [-0.39, 0.29) is 12.0 Å². The summed E-state index contributed by atoms with van der Waals surface area (Å²) in [5.74, 6) is 1.10. The third-order valence-electron chi connectivity index (χ3n) is 4.10. The second-order valence-corrected chi connectivity index (χ2v) is 7.46. The van der Waals surface area contributed by atoms with Gasteiger partial charge in [0.25, 0.3) is 0 Å². The van der Waals surface area contributed by atoms with Crippen molar-refractivity contribution in [1.82, 2.24) is 14.4 Å². The van der Waals surface area contributed by atoms with Crippen molar-refractivity contribution in [2.75, 3.05) is 13.3 Å². The third kappa shape index (κ3) is 2.97. The summed E-state index contributed by atoms with van der Waals surface area (Å²) in [5, 5.41) is 4.07. The van der Waals surface area contributed by atoms with Crippen molar-refractivity contribution in [3.8, 4) is 0 Å². The number of hydrogen-bond acceptors (Lipinski definition) is 5. The first-order chi connectivity index (χ1) is 8.87. The summed E-state index contributed by atoms with van der Waals surface area (Å²) >= 11 is 0. The fourth-order valence-electron chi connectivity index (χ4n) is 2.63. The lowest BCUT2D eigenvalue weighted by Crippen LogP contribution is -2.25. The van der Waals surface area contributed by atoms with Gasteiger partial charge in [0.15, 0.2) is 5.82 Å². The molecule has 0 amide bonds. The molecule has 0 radical (unpaired) electrons. The van der Waals surface area contributed by atoms with Crippen molar-refractivity contribution in [2.45, 2.75) is 51.0 Å². The highest BCUT2D eigenvalue weighted by Gasteiger charge is 2.38. The van der Waals surface area contributed by atoms with Gasteiger partial charge in [-0.3, -0.25) is 0 Å². The maximum absolute atomic E-state index is 11.4. The predicted molar refractivity (Wildman–Crippen MR) is 71.0 cm³/mol. The molecule has 6 nitrogen and oxygen atoms in total. The summed E-state index contributed by atoms with van der Waals surface area (Å²) in [6.07, 6.45) is 6.72. The van der Waals surface area contributed by atoms with Crippen LogP contribution in [-0.2, 0) is 22.0 Å². The Hall–Kier alpha value is -0.950. The molecular weight excluding hydrogens is 266 g/mol. The lowest BCUT2D eigenvalue weighted by atomic mass is 9.83. The molecule has 0 atom stereocenters. The maximum atomic E-state index is 11.4. The fourth-order valence-corrected chi connectivity index (χ4v) is 2.97. The van der Waals surface area contributed by atoms with E-state index >= 15 is 0 Å². The van der Waals surface area contributed by atoms with Crippen LogP contribution in [0.2, 0.25) is 0 Å². The fraction of sp³-hybridized carbons (Fsp3) is 0.833. The molecule has 0 N–H and O–H groups in total. The zero-order valence-corrected chi connectivity index (χ0v) is 12.5. The monoisotopic (exact) mass is 287 g/mol. The van der Waals surface area contributed by atoms with Crippen LogP contribution in [0.15, 0.2) is 4.52 Å². The van der Waals surface area contributed by atoms with E-state index in [0.29, 0.717) is 5.89 Å². The van der Waals surface area contributed by atoms with Crippen LogP contribution in [0.3, 0.4) is 0 Å². The Morgan fingerprint density at radius 2 is 2.00 bits per heavy atom. The number of hydrogen-bond donors (Lipinski definition) is 0. The number of aromatic nitrogens is 2. The molecule has 7 heteroatoms. The lowest BCUT2D eigenvalue weighted by molar-refractivity contribution is 0.319. The first-order valence-corrected chi connectivity index (χ1v) is 8.46. The zero-order valence-electron chi connectivity index (χ0n) is 11.7. The molecule has 0 aliphatic heterocycles. The van der Waals surface area contributed by atoms with Gasteiger partial charge in [0, 0.05) is 12.5 Å². The van der Waals surface area contributed by atoms with Gasteiger partial charge in [-0.2, -0.15) is 9.29 Å². The van der Waals surface area contributed by atoms with E-state index in [1.165, 1.54) is 24.2 Å². The van der Waals surface area contributed by atoms with Gasteiger partial charge in [-0.15, -0.1) is 0 Å². The number of sulfonamides is 1. The highest BCUT2D eigenvalue weighted by atomic mass is 32.2. The lowest BCUT2D eigenvalue weighted by Gasteiger charge is -2.22. The Balaban J connectivity index is 2.15. The maximum Gasteiger partial charge on any atom is 0.241 e. The molecule has 1 aliphatic carbocycles. The molecule has 1 aliphatic rings. The summed E-state index contributed by atoms with van der Waals surface area (Å²) in [6.45, 7) is 2.27. The summed E-state index contributed by atoms with van der Waals surface area (Å²) in [5.41, 5.74) is 0.0331. The Morgan fingerprint density at radius 3 is 2.53 bits per heavy atom. The SMILES string of the molecule is CCC1(c2noc(CN(C)S(C)(=O)=O)n2)CCCC1. The van der Waals surface area contributed by atoms with Crippen LogP contribution in [-0.4, -0.2) is 36.2 Å². The predicted octanol–water partition coefficient (Wildman–Crippen LogP) is 1.68. The first-order valence-electron chi connectivity index (χ1n) is 6.62. The van der Waals surface area contributed by atoms with Gasteiger partial charge in [-0.1, -0.05) is 24.9 Å². The normalized spacial score (nSPS) is 19.2. The van der Waals surface area contributed by atoms with Crippen LogP contribution in [0.1, 0.15) is 50.7 Å². The average molecular weight is 287 g/mol. The summed E-state index contributed by atoms with van der Waals surface area (Å²) < 4.78 is 29.1. The van der Waals surface area contributed by atoms with Crippen LogP contribution in [0.25, 0.3) is 0 Å². The van der Waals surface area contributed by atoms with Crippen molar-refractivity contribution in [2.24, 2.45) is 0 Å². The van der Waals surface area contributed by atoms with E-state index in [1.807, 2.05) is 0 Å². The second-order valence-electron chi connectivity index (χ2n) is 5.37. The molecule has 1 aromatic heterocycles. The van der Waals surface area contributed by atoms with Crippen molar-refractivity contribution in [1.29, 1.82) is 0 Å². The van der Waals surface area contributed by atoms with E-state index < -0.39 is 10.0 Å². The minimum atomic E-state index is -3.23. The van der Waals surface area contributed by atoms with Crippen molar-refractivity contribution < 1.29 is 12.9 Å². The highest BCUT2D eigenvalue weighted by Crippen LogP contribution is 2.42. The van der Waals surface area contributed by atoms with Gasteiger partial charge >= 0.3 is 0 Å². The number of rotatable bonds is 5. The zero-order chi connectivity index (χ0) is 14.1. The van der Waals surface area contributed by atoms with E-state index in [0.717, 1.165) is 31.3 Å². The van der Waals surface area contributed by atoms with Crippen molar-refractivity contribution in [3.63, 3.8) is 0 Å². The molecule has 0 bridgehead atoms. The Labute approximate surface area is 114 Å². The molecule has 1 fully saturated rings. The molecule has 0 unspecified atom stereocenters. The molecule has 0 spiro atoms. The molecule has 0 aromatic carbocycles. The van der Waals surface area contributed by atoms with E-state index in [4.69, 9.17) is 4.52 Å². The Kier molecular flexibility index (Phi) is 3.96. The summed E-state index contributed by atoms with van der Waals surface area (Å²) in [4.78, 5) is 4.40. The van der Waals surface area contributed by atoms with Gasteiger partial charge in [-0.25, -0.2) is 8.42 Å². The van der Waals surface area contributed by atoms with Crippen LogP contribution < -0.4 is 0 Å². The van der Waals surface area contributed by atoms with Crippen LogP contribution >= 0.6 is 0 Å². The highest BCUT2D eigenvalue weighted by molar-refractivity contribution is 7.88. The average Bonchev–Trinajstić information content (AvgIpc) is 2.96. The minimum Gasteiger partial charge on any atom is -0.338 e. The van der Waals surface area contributed by atoms with Crippen LogP contribution in [0.4, 0.5) is 0 Å². The van der Waals surface area contributed by atoms with E-state index in [2.05, 4.69) is 17.1 Å². The van der Waals surface area contributed by atoms with Crippen LogP contribution in [0.5, 0.6) is 0 Å². The molecular formula is C12H21N3O3S. The van der Waals surface area contributed by atoms with Gasteiger partial charge in [0.2, 0.25) is 15.9 Å². The molecule has 1 saturated carbocycles. The molecule has 1 heterocycles. The molecule has 19 heavy (non-hydrogen) atoms.